The summed E-state index contributed by atoms with van der Waals surface area (Å²) < 4.78 is 16.8. The van der Waals surface area contributed by atoms with Crippen LogP contribution in [0.25, 0.3) is 0 Å². The molecule has 4 rings (SSSR count). The summed E-state index contributed by atoms with van der Waals surface area (Å²) in [7, 11) is 0. The maximum atomic E-state index is 16.8. The fraction of sp³-hybridized carbons (Fsp3) is 0.682. The molecule has 0 radical (unpaired) electrons. The Labute approximate surface area is 163 Å². The van der Waals surface area contributed by atoms with Crippen LogP contribution in [-0.2, 0) is 14.4 Å². The minimum Gasteiger partial charge on any atom is -0.388 e. The number of carbonyl (C=O) groups excluding carboxylic acids is 3. The van der Waals surface area contributed by atoms with E-state index in [1.165, 1.54) is 6.08 Å². The van der Waals surface area contributed by atoms with E-state index in [9.17, 15) is 24.6 Å². The number of carbonyl (C=O) groups is 3. The first kappa shape index (κ1) is 19.6. The number of ketones is 3. The van der Waals surface area contributed by atoms with Gasteiger partial charge in [0.1, 0.15) is 12.3 Å². The van der Waals surface area contributed by atoms with Crippen molar-refractivity contribution in [2.75, 3.05) is 6.61 Å². The Hall–Kier alpha value is -1.66. The van der Waals surface area contributed by atoms with Gasteiger partial charge in [0.15, 0.2) is 11.4 Å². The number of allylic oxidation sites excluding steroid dienone is 1. The summed E-state index contributed by atoms with van der Waals surface area (Å²) in [5.41, 5.74) is -4.45. The Morgan fingerprint density at radius 3 is 2.61 bits per heavy atom. The van der Waals surface area contributed by atoms with Crippen molar-refractivity contribution in [1.29, 1.82) is 0 Å². The highest BCUT2D eigenvalue weighted by Gasteiger charge is 2.72. The molecule has 3 fully saturated rings. The van der Waals surface area contributed by atoms with Gasteiger partial charge in [-0.1, -0.05) is 26.0 Å². The molecule has 0 spiro atoms. The van der Waals surface area contributed by atoms with E-state index in [1.807, 2.05) is 0 Å². The second kappa shape index (κ2) is 5.70. The first-order valence-corrected chi connectivity index (χ1v) is 9.97. The Morgan fingerprint density at radius 1 is 1.29 bits per heavy atom. The Bertz CT molecular complexity index is 846. The molecule has 0 bridgehead atoms. The van der Waals surface area contributed by atoms with E-state index in [4.69, 9.17) is 0 Å². The zero-order valence-electron chi connectivity index (χ0n) is 16.4. The molecule has 6 atom stereocenters. The largest absolute Gasteiger partial charge is 0.388 e. The van der Waals surface area contributed by atoms with Crippen LogP contribution in [0, 0.1) is 22.7 Å². The molecular weight excluding hydrogens is 363 g/mol. The maximum absolute atomic E-state index is 16.8. The van der Waals surface area contributed by atoms with Crippen molar-refractivity contribution in [3.8, 4) is 0 Å². The molecule has 0 aliphatic heterocycles. The van der Waals surface area contributed by atoms with Gasteiger partial charge >= 0.3 is 0 Å². The summed E-state index contributed by atoms with van der Waals surface area (Å²) in [6.45, 7) is 6.67. The second-order valence-corrected chi connectivity index (χ2v) is 9.60. The van der Waals surface area contributed by atoms with Gasteiger partial charge in [-0.2, -0.15) is 0 Å². The minimum atomic E-state index is -1.86. The van der Waals surface area contributed by atoms with Gasteiger partial charge < -0.3 is 10.2 Å². The zero-order chi connectivity index (χ0) is 20.7. The molecule has 152 valence electrons. The summed E-state index contributed by atoms with van der Waals surface area (Å²) in [5.74, 6) is -2.56. The summed E-state index contributed by atoms with van der Waals surface area (Å²) in [6.07, 6.45) is 2.88. The summed E-state index contributed by atoms with van der Waals surface area (Å²) in [4.78, 5) is 36.5. The van der Waals surface area contributed by atoms with E-state index in [-0.39, 0.29) is 25.2 Å². The van der Waals surface area contributed by atoms with E-state index in [1.54, 1.807) is 13.8 Å². The summed E-state index contributed by atoms with van der Waals surface area (Å²) >= 11 is 0. The van der Waals surface area contributed by atoms with Crippen LogP contribution in [-0.4, -0.2) is 45.4 Å². The number of Topliss-reactive ketones (excluding diaryl/α,β-unsaturated/α-hetero) is 2. The molecule has 2 N–H and O–H groups in total. The van der Waals surface area contributed by atoms with Gasteiger partial charge in [0.25, 0.3) is 0 Å². The van der Waals surface area contributed by atoms with Crippen molar-refractivity contribution in [2.45, 2.75) is 63.6 Å². The topological polar surface area (TPSA) is 91.7 Å². The number of halogens is 1. The third-order valence-corrected chi connectivity index (χ3v) is 8.70. The van der Waals surface area contributed by atoms with Crippen LogP contribution >= 0.6 is 0 Å². The molecule has 0 saturated heterocycles. The maximum Gasteiger partial charge on any atom is 0.221 e. The van der Waals surface area contributed by atoms with E-state index >= 15 is 4.39 Å². The lowest BCUT2D eigenvalue weighted by Crippen LogP contribution is -2.64. The Kier molecular flexibility index (Phi) is 4.00. The highest BCUT2D eigenvalue weighted by molar-refractivity contribution is 6.42. The van der Waals surface area contributed by atoms with Gasteiger partial charge in [0.05, 0.1) is 0 Å². The van der Waals surface area contributed by atoms with Crippen LogP contribution < -0.4 is 0 Å². The van der Waals surface area contributed by atoms with Gasteiger partial charge in [0.2, 0.25) is 11.6 Å². The number of aliphatic hydroxyl groups is 2. The number of alkyl halides is 1. The van der Waals surface area contributed by atoms with Crippen LogP contribution in [0.4, 0.5) is 4.39 Å². The average Bonchev–Trinajstić information content (AvgIpc) is 2.85. The first-order valence-electron chi connectivity index (χ1n) is 9.97. The molecule has 3 saturated carbocycles. The number of fused-ring (bicyclic) bond motifs is 5. The van der Waals surface area contributed by atoms with Gasteiger partial charge in [-0.05, 0) is 55.6 Å². The molecular formula is C22H27FO5. The van der Waals surface area contributed by atoms with Crippen LogP contribution in [0.3, 0.4) is 0 Å². The third-order valence-electron chi connectivity index (χ3n) is 8.70. The Balaban J connectivity index is 1.80. The van der Waals surface area contributed by atoms with Gasteiger partial charge in [-0.15, -0.1) is 0 Å². The lowest BCUT2D eigenvalue weighted by molar-refractivity contribution is -0.181. The van der Waals surface area contributed by atoms with Crippen LogP contribution in [0.1, 0.15) is 52.4 Å². The minimum absolute atomic E-state index is 0.0915. The highest BCUT2D eigenvalue weighted by atomic mass is 19.1. The average molecular weight is 390 g/mol. The molecule has 0 amide bonds. The molecule has 4 aliphatic rings. The summed E-state index contributed by atoms with van der Waals surface area (Å²) in [5, 5.41) is 20.7. The molecule has 28 heavy (non-hydrogen) atoms. The molecule has 6 heteroatoms. The van der Waals surface area contributed by atoms with Crippen molar-refractivity contribution in [2.24, 2.45) is 22.7 Å². The SMILES string of the molecule is C=C1C[C@H]2[C@@H]3CCC4=CC(=O)C(=O)C[C@]4(C)[C@@]3(F)CC[C@]2(C)[C@@]1(O)C(=O)CO. The van der Waals surface area contributed by atoms with Crippen LogP contribution in [0.15, 0.2) is 23.8 Å². The Morgan fingerprint density at radius 2 is 1.96 bits per heavy atom. The normalized spacial score (nSPS) is 47.9. The number of hydrogen-bond donors (Lipinski definition) is 2. The number of aliphatic hydroxyl groups excluding tert-OH is 1. The molecule has 4 aliphatic carbocycles. The zero-order valence-corrected chi connectivity index (χ0v) is 16.4. The fourth-order valence-electron chi connectivity index (χ4n) is 6.95. The molecule has 0 unspecified atom stereocenters. The van der Waals surface area contributed by atoms with Gasteiger partial charge in [0, 0.05) is 17.3 Å². The monoisotopic (exact) mass is 390 g/mol. The second-order valence-electron chi connectivity index (χ2n) is 9.60. The van der Waals surface area contributed by atoms with E-state index in [0.717, 1.165) is 0 Å². The number of rotatable bonds is 2. The van der Waals surface area contributed by atoms with Crippen molar-refractivity contribution in [1.82, 2.24) is 0 Å². The highest BCUT2D eigenvalue weighted by Crippen LogP contribution is 2.70. The van der Waals surface area contributed by atoms with Crippen molar-refractivity contribution in [3.05, 3.63) is 23.8 Å². The lowest BCUT2D eigenvalue weighted by atomic mass is 9.44. The standard InChI is InChI=1S/C22H27FO5/c1-12-8-15-14-5-4-13-9-16(25)17(26)10-20(13,3)21(14,23)7-6-19(15,2)22(12,28)18(27)11-24/h9,14-15,24,28H,1,4-8,10-11H2,2-3H3/t14-,15-,19-,20-,21+,22-/m0/s1. The molecule has 0 aromatic heterocycles. The first-order chi connectivity index (χ1) is 13.0. The third kappa shape index (κ3) is 2.00. The van der Waals surface area contributed by atoms with Crippen molar-refractivity contribution >= 4 is 17.3 Å². The van der Waals surface area contributed by atoms with Crippen molar-refractivity contribution < 1.29 is 29.0 Å². The van der Waals surface area contributed by atoms with Crippen LogP contribution in [0.5, 0.6) is 0 Å². The lowest BCUT2D eigenvalue weighted by Gasteiger charge is -2.61. The van der Waals surface area contributed by atoms with Gasteiger partial charge in [-0.3, -0.25) is 14.4 Å². The van der Waals surface area contributed by atoms with Crippen molar-refractivity contribution in [3.63, 3.8) is 0 Å². The molecule has 0 aromatic rings. The quantitative estimate of drug-likeness (QED) is 0.557. The predicted octanol–water partition coefficient (Wildman–Crippen LogP) is 2.25. The molecule has 0 heterocycles. The van der Waals surface area contributed by atoms with E-state index < -0.39 is 52.0 Å². The predicted molar refractivity (Wildman–Crippen MR) is 99.0 cm³/mol. The molecule has 5 nitrogen and oxygen atoms in total. The molecule has 0 aromatic carbocycles. The smallest absolute Gasteiger partial charge is 0.221 e. The van der Waals surface area contributed by atoms with Gasteiger partial charge in [-0.25, -0.2) is 4.39 Å². The van der Waals surface area contributed by atoms with E-state index in [2.05, 4.69) is 6.58 Å². The number of hydrogen-bond acceptors (Lipinski definition) is 5. The summed E-state index contributed by atoms with van der Waals surface area (Å²) in [6, 6.07) is 0. The van der Waals surface area contributed by atoms with Crippen LogP contribution in [0.2, 0.25) is 0 Å². The van der Waals surface area contributed by atoms with E-state index in [0.29, 0.717) is 30.4 Å². The fourth-order valence-corrected chi connectivity index (χ4v) is 6.95.